The molecular formula is C25H41F4NO8. The van der Waals surface area contributed by atoms with Crippen molar-refractivity contribution in [1.82, 2.24) is 0 Å². The molecule has 0 fully saturated rings. The van der Waals surface area contributed by atoms with Crippen LogP contribution >= 0.6 is 0 Å². The zero-order chi connectivity index (χ0) is 30.4. The number of alkyl halides is 4. The Morgan fingerprint density at radius 3 is 1.61 bits per heavy atom. The van der Waals surface area contributed by atoms with Crippen LogP contribution in [0.15, 0.2) is 0 Å². The van der Waals surface area contributed by atoms with E-state index in [1.54, 1.807) is 13.8 Å². The summed E-state index contributed by atoms with van der Waals surface area (Å²) in [6.07, 6.45) is -0.390. The molecule has 0 aliphatic carbocycles. The molecule has 13 heteroatoms. The maximum atomic E-state index is 14.1. The van der Waals surface area contributed by atoms with E-state index in [0.29, 0.717) is 0 Å². The van der Waals surface area contributed by atoms with Crippen LogP contribution < -0.4 is 5.73 Å². The second-order valence-electron chi connectivity index (χ2n) is 11.4. The molecule has 0 saturated carbocycles. The van der Waals surface area contributed by atoms with Crippen LogP contribution in [0.25, 0.3) is 0 Å². The molecule has 38 heavy (non-hydrogen) atoms. The fourth-order valence-electron chi connectivity index (χ4n) is 2.84. The highest BCUT2D eigenvalue weighted by Gasteiger charge is 2.69. The maximum Gasteiger partial charge on any atom is 0.411 e. The van der Waals surface area contributed by atoms with E-state index in [1.165, 1.54) is 27.7 Å². The van der Waals surface area contributed by atoms with Gasteiger partial charge in [0.15, 0.2) is 0 Å². The molecular weight excluding hydrogens is 518 g/mol. The van der Waals surface area contributed by atoms with Crippen molar-refractivity contribution >= 4 is 23.5 Å². The summed E-state index contributed by atoms with van der Waals surface area (Å²) >= 11 is 0. The van der Waals surface area contributed by atoms with Gasteiger partial charge >= 0.3 is 23.8 Å². The molecule has 0 saturated heterocycles. The number of halogens is 4. The molecule has 0 spiro atoms. The van der Waals surface area contributed by atoms with Crippen LogP contribution in [0.1, 0.15) is 75.2 Å². The van der Waals surface area contributed by atoms with Gasteiger partial charge < -0.3 is 24.7 Å². The molecule has 9 nitrogen and oxygen atoms in total. The van der Waals surface area contributed by atoms with Gasteiger partial charge in [-0.05, 0) is 27.7 Å². The largest absolute Gasteiger partial charge is 0.463 e. The lowest BCUT2D eigenvalue weighted by molar-refractivity contribution is -0.229. The summed E-state index contributed by atoms with van der Waals surface area (Å²) in [5.74, 6) is -16.3. The average molecular weight is 560 g/mol. The Morgan fingerprint density at radius 2 is 1.13 bits per heavy atom. The Bertz CT molecular complexity index is 858. The third-order valence-electron chi connectivity index (χ3n) is 5.98. The smallest absolute Gasteiger partial charge is 0.411 e. The Morgan fingerprint density at radius 1 is 0.658 bits per heavy atom. The Labute approximate surface area is 221 Å². The Hall–Kier alpha value is -2.12. The number of ketones is 2. The highest BCUT2D eigenvalue weighted by atomic mass is 19.3. The van der Waals surface area contributed by atoms with Gasteiger partial charge in [-0.25, -0.2) is 4.79 Å². The number of rotatable bonds is 16. The molecule has 0 unspecified atom stereocenters. The molecule has 0 heterocycles. The second kappa shape index (κ2) is 12.8. The van der Waals surface area contributed by atoms with Crippen LogP contribution in [-0.2, 0) is 38.1 Å². The van der Waals surface area contributed by atoms with Crippen molar-refractivity contribution in [3.05, 3.63) is 0 Å². The number of hydrogen-bond donors (Lipinski definition) is 1. The first-order valence-corrected chi connectivity index (χ1v) is 12.0. The van der Waals surface area contributed by atoms with E-state index in [0.717, 1.165) is 20.8 Å². The fourth-order valence-corrected chi connectivity index (χ4v) is 2.84. The summed E-state index contributed by atoms with van der Waals surface area (Å²) in [6, 6.07) is 0. The molecule has 0 atom stereocenters. The van der Waals surface area contributed by atoms with Crippen molar-refractivity contribution in [2.75, 3.05) is 26.4 Å². The van der Waals surface area contributed by atoms with E-state index in [4.69, 9.17) is 19.9 Å². The molecule has 0 aliphatic heterocycles. The van der Waals surface area contributed by atoms with E-state index in [2.05, 4.69) is 4.74 Å². The van der Waals surface area contributed by atoms with E-state index in [1.807, 2.05) is 0 Å². The molecule has 0 bridgehead atoms. The number of carbonyl (C=O) groups is 4. The summed E-state index contributed by atoms with van der Waals surface area (Å²) in [4.78, 5) is 48.1. The van der Waals surface area contributed by atoms with Gasteiger partial charge in [0.05, 0.1) is 30.7 Å². The summed E-state index contributed by atoms with van der Waals surface area (Å²) in [6.45, 7) is 11.1. The van der Waals surface area contributed by atoms with Crippen molar-refractivity contribution in [3.63, 3.8) is 0 Å². The monoisotopic (exact) mass is 559 g/mol. The molecule has 0 aliphatic rings. The summed E-state index contributed by atoms with van der Waals surface area (Å²) in [5.41, 5.74) is 0.495. The molecule has 0 rings (SSSR count). The van der Waals surface area contributed by atoms with Gasteiger partial charge in [-0.2, -0.15) is 17.6 Å². The average Bonchev–Trinajstić information content (AvgIpc) is 2.75. The first-order valence-electron chi connectivity index (χ1n) is 12.0. The van der Waals surface area contributed by atoms with Gasteiger partial charge in [0, 0.05) is 11.8 Å². The van der Waals surface area contributed by atoms with E-state index in [9.17, 15) is 36.7 Å². The zero-order valence-electron chi connectivity index (χ0n) is 23.6. The van der Waals surface area contributed by atoms with Crippen molar-refractivity contribution in [2.24, 2.45) is 16.6 Å². The van der Waals surface area contributed by atoms with Crippen LogP contribution in [0.3, 0.4) is 0 Å². The van der Waals surface area contributed by atoms with Gasteiger partial charge in [-0.1, -0.05) is 34.6 Å². The summed E-state index contributed by atoms with van der Waals surface area (Å²) in [7, 11) is 0. The van der Waals surface area contributed by atoms with Gasteiger partial charge in [0.2, 0.25) is 5.78 Å². The van der Waals surface area contributed by atoms with E-state index >= 15 is 0 Å². The number of carbonyl (C=O) groups excluding carboxylic acids is 4. The van der Waals surface area contributed by atoms with Crippen molar-refractivity contribution in [2.45, 2.75) is 98.3 Å². The maximum absolute atomic E-state index is 14.1. The van der Waals surface area contributed by atoms with Gasteiger partial charge in [0.25, 0.3) is 0 Å². The zero-order valence-corrected chi connectivity index (χ0v) is 23.6. The Balaban J connectivity index is 4.84. The second-order valence-corrected chi connectivity index (χ2v) is 11.4. The third-order valence-corrected chi connectivity index (χ3v) is 5.98. The van der Waals surface area contributed by atoms with E-state index < -0.39 is 64.9 Å². The predicted octanol–water partition coefficient (Wildman–Crippen LogP) is 3.84. The third kappa shape index (κ3) is 9.88. The molecule has 222 valence electrons. The van der Waals surface area contributed by atoms with Gasteiger partial charge in [0.1, 0.15) is 24.7 Å². The lowest BCUT2D eigenvalue weighted by atomic mass is 9.72. The van der Waals surface area contributed by atoms with Gasteiger partial charge in [-0.3, -0.25) is 14.4 Å². The quantitative estimate of drug-likeness (QED) is 0.130. The number of hydrogen-bond acceptors (Lipinski definition) is 9. The Kier molecular flexibility index (Phi) is 12.1. The van der Waals surface area contributed by atoms with Crippen molar-refractivity contribution in [3.8, 4) is 0 Å². The molecule has 0 radical (unpaired) electrons. The van der Waals surface area contributed by atoms with Crippen LogP contribution in [0.5, 0.6) is 0 Å². The van der Waals surface area contributed by atoms with Crippen LogP contribution in [0, 0.1) is 10.8 Å². The first-order chi connectivity index (χ1) is 16.8. The number of esters is 2. The number of Topliss-reactive ketones (excluding diaryl/α,β-unsaturated/α-hetero) is 2. The van der Waals surface area contributed by atoms with Crippen molar-refractivity contribution in [1.29, 1.82) is 0 Å². The topological polar surface area (TPSA) is 131 Å². The fraction of sp³-hybridized carbons (Fsp3) is 0.840. The number of nitrogens with two attached hydrogens (primary N) is 1. The van der Waals surface area contributed by atoms with E-state index in [-0.39, 0.29) is 31.8 Å². The summed E-state index contributed by atoms with van der Waals surface area (Å²) in [5, 5.41) is 0. The van der Waals surface area contributed by atoms with Gasteiger partial charge in [-0.15, -0.1) is 0 Å². The normalized spacial score (nSPS) is 13.7. The van der Waals surface area contributed by atoms with Crippen LogP contribution in [-0.4, -0.2) is 73.1 Å². The highest BCUT2D eigenvalue weighted by molar-refractivity contribution is 5.97. The van der Waals surface area contributed by atoms with Crippen LogP contribution in [0.4, 0.5) is 17.6 Å². The molecule has 0 amide bonds. The SMILES string of the molecule is CC(C)(N)OCCOC(=O)CCC(=O)C(C)(C)C(C)(C)OCCOC(=O)C(F)(F)C(F)(F)C(=O)C(C)(C)C. The summed E-state index contributed by atoms with van der Waals surface area (Å²) < 4.78 is 76.2. The minimum Gasteiger partial charge on any atom is -0.463 e. The molecule has 0 aromatic rings. The molecule has 2 N–H and O–H groups in total. The lowest BCUT2D eigenvalue weighted by Crippen LogP contribution is -2.56. The standard InChI is InChI=1S/C25H41F4NO8/c1-20(2,3)18(33)24(26,27)25(28,29)19(34)36-13-14-37-22(6,7)21(4,5)16(31)10-11-17(32)35-12-15-38-23(8,9)30/h10-15,30H2,1-9H3. The van der Waals surface area contributed by atoms with Crippen LogP contribution in [0.2, 0.25) is 0 Å². The lowest BCUT2D eigenvalue weighted by Gasteiger charge is -2.40. The predicted molar refractivity (Wildman–Crippen MR) is 129 cm³/mol. The highest BCUT2D eigenvalue weighted by Crippen LogP contribution is 2.41. The van der Waals surface area contributed by atoms with Crippen molar-refractivity contribution < 1.29 is 55.7 Å². The minimum absolute atomic E-state index is 0.0419. The first kappa shape index (κ1) is 35.9. The minimum atomic E-state index is -5.39. The molecule has 0 aromatic carbocycles. The number of ether oxygens (including phenoxy) is 4. The molecule has 0 aromatic heterocycles.